The first-order chi connectivity index (χ1) is 8.58. The summed E-state index contributed by atoms with van der Waals surface area (Å²) in [4.78, 5) is 12.0. The molecule has 0 aliphatic carbocycles. The Labute approximate surface area is 113 Å². The Morgan fingerprint density at radius 1 is 1.56 bits per heavy atom. The molecular formula is C12H13BrN4O. The Hall–Kier alpha value is -1.82. The molecule has 2 rings (SSSR count). The minimum Gasteiger partial charge on any atom is -0.384 e. The van der Waals surface area contributed by atoms with E-state index in [4.69, 9.17) is 5.73 Å². The Balaban J connectivity index is 2.06. The van der Waals surface area contributed by atoms with Gasteiger partial charge in [0.15, 0.2) is 0 Å². The number of halogens is 1. The summed E-state index contributed by atoms with van der Waals surface area (Å²) in [6, 6.07) is 5.58. The van der Waals surface area contributed by atoms with Gasteiger partial charge >= 0.3 is 0 Å². The lowest BCUT2D eigenvalue weighted by molar-refractivity contribution is 0.0950. The van der Waals surface area contributed by atoms with Crippen molar-refractivity contribution in [1.29, 1.82) is 0 Å². The maximum absolute atomic E-state index is 12.0. The third kappa shape index (κ3) is 2.70. The van der Waals surface area contributed by atoms with Gasteiger partial charge in [0.2, 0.25) is 0 Å². The fraction of sp³-hybridized carbons (Fsp3) is 0.167. The zero-order valence-electron chi connectivity index (χ0n) is 9.83. The van der Waals surface area contributed by atoms with Gasteiger partial charge in [-0.25, -0.2) is 0 Å². The maximum Gasteiger partial charge on any atom is 0.252 e. The van der Waals surface area contributed by atoms with Crippen LogP contribution in [0.25, 0.3) is 0 Å². The zero-order chi connectivity index (χ0) is 13.1. The molecule has 0 atom stereocenters. The highest BCUT2D eigenvalue weighted by Crippen LogP contribution is 2.18. The zero-order valence-corrected chi connectivity index (χ0v) is 11.4. The molecule has 0 saturated heterocycles. The van der Waals surface area contributed by atoms with E-state index in [0.717, 1.165) is 15.6 Å². The van der Waals surface area contributed by atoms with Gasteiger partial charge in [0.05, 0.1) is 11.8 Å². The molecule has 0 aliphatic heterocycles. The van der Waals surface area contributed by atoms with Crippen LogP contribution < -0.4 is 11.1 Å². The first-order valence-electron chi connectivity index (χ1n) is 5.40. The second-order valence-electron chi connectivity index (χ2n) is 3.97. The van der Waals surface area contributed by atoms with Crippen molar-refractivity contribution in [2.75, 3.05) is 5.73 Å². The number of aromatic amines is 1. The number of hydrogen-bond acceptors (Lipinski definition) is 3. The highest BCUT2D eigenvalue weighted by Gasteiger charge is 2.10. The van der Waals surface area contributed by atoms with E-state index in [9.17, 15) is 4.79 Å². The molecule has 0 fully saturated rings. The third-order valence-electron chi connectivity index (χ3n) is 2.56. The fourth-order valence-corrected chi connectivity index (χ4v) is 2.21. The Morgan fingerprint density at radius 3 is 2.94 bits per heavy atom. The van der Waals surface area contributed by atoms with Crippen LogP contribution in [0.5, 0.6) is 0 Å². The Morgan fingerprint density at radius 2 is 2.33 bits per heavy atom. The SMILES string of the molecule is Cc1ccc(C(=O)NCc2cn[nH]c2N)c(Br)c1. The van der Waals surface area contributed by atoms with Crippen LogP contribution in [0.1, 0.15) is 21.5 Å². The topological polar surface area (TPSA) is 83.8 Å². The van der Waals surface area contributed by atoms with Gasteiger partial charge in [-0.1, -0.05) is 6.07 Å². The number of amides is 1. The van der Waals surface area contributed by atoms with Crippen molar-refractivity contribution in [2.24, 2.45) is 0 Å². The molecule has 0 spiro atoms. The van der Waals surface area contributed by atoms with Crippen LogP contribution >= 0.6 is 15.9 Å². The van der Waals surface area contributed by atoms with E-state index in [1.165, 1.54) is 0 Å². The molecule has 0 unspecified atom stereocenters. The molecule has 5 nitrogen and oxygen atoms in total. The molecule has 0 bridgehead atoms. The van der Waals surface area contributed by atoms with Gasteiger partial charge in [-0.2, -0.15) is 5.10 Å². The van der Waals surface area contributed by atoms with Crippen LogP contribution in [0.3, 0.4) is 0 Å². The molecule has 6 heteroatoms. The Kier molecular flexibility index (Phi) is 3.66. The van der Waals surface area contributed by atoms with Gasteiger partial charge in [-0.05, 0) is 40.5 Å². The predicted octanol–water partition coefficient (Wildman–Crippen LogP) is 1.99. The number of hydrogen-bond donors (Lipinski definition) is 3. The average molecular weight is 309 g/mol. The molecule has 4 N–H and O–H groups in total. The van der Waals surface area contributed by atoms with Gasteiger partial charge < -0.3 is 11.1 Å². The largest absolute Gasteiger partial charge is 0.384 e. The van der Waals surface area contributed by atoms with Crippen molar-refractivity contribution < 1.29 is 4.79 Å². The molecule has 1 amide bonds. The minimum absolute atomic E-state index is 0.150. The second kappa shape index (κ2) is 5.22. The summed E-state index contributed by atoms with van der Waals surface area (Å²) in [5.41, 5.74) is 8.10. The first-order valence-corrected chi connectivity index (χ1v) is 6.19. The number of aryl methyl sites for hydroxylation is 1. The maximum atomic E-state index is 12.0. The number of anilines is 1. The molecule has 2 aromatic rings. The van der Waals surface area contributed by atoms with Crippen LogP contribution in [-0.4, -0.2) is 16.1 Å². The lowest BCUT2D eigenvalue weighted by atomic mass is 10.1. The molecule has 1 aromatic carbocycles. The van der Waals surface area contributed by atoms with Crippen molar-refractivity contribution in [1.82, 2.24) is 15.5 Å². The summed E-state index contributed by atoms with van der Waals surface area (Å²) in [5.74, 6) is 0.320. The first kappa shape index (κ1) is 12.6. The summed E-state index contributed by atoms with van der Waals surface area (Å²) in [5, 5.41) is 9.20. The normalized spacial score (nSPS) is 10.3. The molecule has 0 aliphatic rings. The number of rotatable bonds is 3. The molecule has 18 heavy (non-hydrogen) atoms. The number of aromatic nitrogens is 2. The lowest BCUT2D eigenvalue weighted by Gasteiger charge is -2.07. The number of nitrogens with two attached hydrogens (primary N) is 1. The van der Waals surface area contributed by atoms with Gasteiger partial charge in [-0.3, -0.25) is 9.89 Å². The number of carbonyl (C=O) groups excluding carboxylic acids is 1. The van der Waals surface area contributed by atoms with Crippen LogP contribution in [0.15, 0.2) is 28.9 Å². The van der Waals surface area contributed by atoms with Crippen molar-refractivity contribution in [3.05, 3.63) is 45.6 Å². The second-order valence-corrected chi connectivity index (χ2v) is 4.83. The molecule has 1 heterocycles. The van der Waals surface area contributed by atoms with Gasteiger partial charge in [0.25, 0.3) is 5.91 Å². The summed E-state index contributed by atoms with van der Waals surface area (Å²) < 4.78 is 0.778. The summed E-state index contributed by atoms with van der Waals surface area (Å²) in [6.45, 7) is 2.32. The van der Waals surface area contributed by atoms with E-state index >= 15 is 0 Å². The smallest absolute Gasteiger partial charge is 0.252 e. The van der Waals surface area contributed by atoms with Crippen molar-refractivity contribution in [3.8, 4) is 0 Å². The summed E-state index contributed by atoms with van der Waals surface area (Å²) in [6.07, 6.45) is 1.60. The van der Waals surface area contributed by atoms with Gasteiger partial charge in [-0.15, -0.1) is 0 Å². The quantitative estimate of drug-likeness (QED) is 0.811. The number of benzene rings is 1. The summed E-state index contributed by atoms with van der Waals surface area (Å²) in [7, 11) is 0. The molecule has 0 saturated carbocycles. The minimum atomic E-state index is -0.150. The van der Waals surface area contributed by atoms with Crippen molar-refractivity contribution in [2.45, 2.75) is 13.5 Å². The van der Waals surface area contributed by atoms with Crippen LogP contribution in [0.2, 0.25) is 0 Å². The van der Waals surface area contributed by atoms with E-state index in [0.29, 0.717) is 17.9 Å². The van der Waals surface area contributed by atoms with Gasteiger partial charge in [0, 0.05) is 16.6 Å². The van der Waals surface area contributed by atoms with Crippen LogP contribution in [0.4, 0.5) is 5.82 Å². The molecular weight excluding hydrogens is 296 g/mol. The van der Waals surface area contributed by atoms with E-state index in [1.54, 1.807) is 12.3 Å². The number of H-pyrrole nitrogens is 1. The molecule has 0 radical (unpaired) electrons. The number of nitrogens with one attached hydrogen (secondary N) is 2. The van der Waals surface area contributed by atoms with Crippen LogP contribution in [-0.2, 0) is 6.54 Å². The monoisotopic (exact) mass is 308 g/mol. The lowest BCUT2D eigenvalue weighted by Crippen LogP contribution is -2.23. The van der Waals surface area contributed by atoms with E-state index in [-0.39, 0.29) is 5.91 Å². The van der Waals surface area contributed by atoms with Crippen LogP contribution in [0, 0.1) is 6.92 Å². The van der Waals surface area contributed by atoms with Crippen molar-refractivity contribution in [3.63, 3.8) is 0 Å². The molecule has 94 valence electrons. The predicted molar refractivity (Wildman–Crippen MR) is 73.0 cm³/mol. The standard InChI is InChI=1S/C12H13BrN4O/c1-7-2-3-9(10(13)4-7)12(18)15-5-8-6-16-17-11(8)14/h2-4,6H,5H2,1H3,(H,15,18)(H3,14,16,17). The number of nitrogens with zero attached hydrogens (tertiary/aromatic N) is 1. The third-order valence-corrected chi connectivity index (χ3v) is 3.22. The Bertz CT molecular complexity index is 579. The fourth-order valence-electron chi connectivity index (χ4n) is 1.54. The highest BCUT2D eigenvalue weighted by molar-refractivity contribution is 9.10. The molecule has 1 aromatic heterocycles. The number of carbonyl (C=O) groups is 1. The van der Waals surface area contributed by atoms with E-state index in [2.05, 4.69) is 31.4 Å². The number of nitrogen functional groups attached to an aromatic ring is 1. The van der Waals surface area contributed by atoms with Gasteiger partial charge in [0.1, 0.15) is 5.82 Å². The summed E-state index contributed by atoms with van der Waals surface area (Å²) >= 11 is 3.38. The highest BCUT2D eigenvalue weighted by atomic mass is 79.9. The van der Waals surface area contributed by atoms with E-state index in [1.807, 2.05) is 19.1 Å². The van der Waals surface area contributed by atoms with E-state index < -0.39 is 0 Å². The van der Waals surface area contributed by atoms with Crippen molar-refractivity contribution >= 4 is 27.7 Å². The average Bonchev–Trinajstić information content (AvgIpc) is 2.72.